The number of hydrogen-bond acceptors (Lipinski definition) is 6. The van der Waals surface area contributed by atoms with Crippen LogP contribution in [0.15, 0.2) is 30.9 Å². The van der Waals surface area contributed by atoms with E-state index in [0.29, 0.717) is 16.8 Å². The quantitative estimate of drug-likeness (QED) is 0.684. The van der Waals surface area contributed by atoms with E-state index in [9.17, 15) is 18.9 Å². The van der Waals surface area contributed by atoms with Gasteiger partial charge in [-0.1, -0.05) is 0 Å². The van der Waals surface area contributed by atoms with Crippen LogP contribution < -0.4 is 0 Å². The van der Waals surface area contributed by atoms with Crippen molar-refractivity contribution in [1.82, 2.24) is 24.1 Å². The number of hydrogen-bond donors (Lipinski definition) is 1. The highest BCUT2D eigenvalue weighted by molar-refractivity contribution is 7.89. The Balaban J connectivity index is 1.79. The van der Waals surface area contributed by atoms with Crippen molar-refractivity contribution in [3.63, 3.8) is 0 Å². The molecule has 29 heavy (non-hydrogen) atoms. The number of nitrogens with one attached hydrogen (secondary N) is 1. The maximum absolute atomic E-state index is 12.2. The monoisotopic (exact) mass is 409 g/mol. The molecule has 0 bridgehead atoms. The first-order chi connectivity index (χ1) is 13.9. The lowest BCUT2D eigenvalue weighted by Crippen LogP contribution is -2.67. The molecule has 0 amide bonds. The third kappa shape index (κ3) is 2.80. The van der Waals surface area contributed by atoms with Gasteiger partial charge in [0, 0.05) is 48.2 Å². The summed E-state index contributed by atoms with van der Waals surface area (Å²) in [6, 6.07) is 6.26. The van der Waals surface area contributed by atoms with Gasteiger partial charge in [0.15, 0.2) is 0 Å². The fourth-order valence-corrected chi connectivity index (χ4v) is 4.99. The normalized spacial score (nSPS) is 17.4. The van der Waals surface area contributed by atoms with E-state index >= 15 is 0 Å². The molecule has 1 aliphatic heterocycles. The molecule has 4 heterocycles. The molecule has 3 aromatic heterocycles. The Labute approximate surface area is 168 Å². The van der Waals surface area contributed by atoms with Crippen molar-refractivity contribution < 1.29 is 8.42 Å². The van der Waals surface area contributed by atoms with Crippen LogP contribution in [0.25, 0.3) is 22.2 Å². The highest BCUT2D eigenvalue weighted by atomic mass is 32.2. The molecule has 4 rings (SSSR count). The molecule has 0 aromatic carbocycles. The summed E-state index contributed by atoms with van der Waals surface area (Å²) in [4.78, 5) is 7.28. The first-order valence-corrected chi connectivity index (χ1v) is 10.8. The lowest BCUT2D eigenvalue weighted by molar-refractivity contribution is 0.0357. The maximum atomic E-state index is 12.2. The van der Waals surface area contributed by atoms with Crippen LogP contribution in [0, 0.1) is 28.6 Å². The standard InChI is InChI=1S/C19H19N7O2S/c1-3-29(27,28)25-11-19(12-25,13(2)6-20)26-10-15(9-24-26)17-14(7-21)8-23-18-16(17)4-5-22-18/h4-5,8-10,13H,3,11-12H2,1-2H3,(H,22,23)/t13-/m0/s1. The average Bonchev–Trinajstić information content (AvgIpc) is 3.35. The van der Waals surface area contributed by atoms with Gasteiger partial charge >= 0.3 is 0 Å². The Morgan fingerprint density at radius 1 is 1.34 bits per heavy atom. The lowest BCUT2D eigenvalue weighted by Gasteiger charge is -2.50. The smallest absolute Gasteiger partial charge is 0.213 e. The molecule has 0 spiro atoms. The van der Waals surface area contributed by atoms with Crippen LogP contribution in [0.4, 0.5) is 0 Å². The summed E-state index contributed by atoms with van der Waals surface area (Å²) in [5.41, 5.74) is 1.77. The molecule has 148 valence electrons. The minimum atomic E-state index is -3.33. The highest BCUT2D eigenvalue weighted by Crippen LogP contribution is 2.39. The van der Waals surface area contributed by atoms with E-state index in [-0.39, 0.29) is 18.8 Å². The molecule has 1 atom stereocenters. The van der Waals surface area contributed by atoms with Crippen LogP contribution in [0.2, 0.25) is 0 Å². The second-order valence-electron chi connectivity index (χ2n) is 7.20. The molecule has 1 saturated heterocycles. The Morgan fingerprint density at radius 3 is 2.76 bits per heavy atom. The van der Waals surface area contributed by atoms with Gasteiger partial charge in [0.05, 0.1) is 29.5 Å². The first-order valence-electron chi connectivity index (χ1n) is 9.15. The average molecular weight is 409 g/mol. The molecule has 1 fully saturated rings. The van der Waals surface area contributed by atoms with Crippen LogP contribution in [-0.4, -0.2) is 51.3 Å². The SMILES string of the molecule is CCS(=O)(=O)N1CC([C@@H](C)C#N)(n2cc(-c3c(C#N)cnc4[nH]ccc34)cn2)C1. The van der Waals surface area contributed by atoms with Crippen LogP contribution >= 0.6 is 0 Å². The highest BCUT2D eigenvalue weighted by Gasteiger charge is 2.53. The van der Waals surface area contributed by atoms with Gasteiger partial charge in [0.25, 0.3) is 0 Å². The number of aromatic nitrogens is 4. The minimum Gasteiger partial charge on any atom is -0.346 e. The van der Waals surface area contributed by atoms with Crippen LogP contribution in [-0.2, 0) is 15.6 Å². The summed E-state index contributed by atoms with van der Waals surface area (Å²) in [5, 5.41) is 24.4. The lowest BCUT2D eigenvalue weighted by atomic mass is 9.80. The summed E-state index contributed by atoms with van der Waals surface area (Å²) in [6.45, 7) is 3.76. The van der Waals surface area contributed by atoms with E-state index in [2.05, 4.69) is 27.2 Å². The van der Waals surface area contributed by atoms with Gasteiger partial charge < -0.3 is 4.98 Å². The number of aromatic amines is 1. The van der Waals surface area contributed by atoms with Crippen LogP contribution in [0.1, 0.15) is 19.4 Å². The van der Waals surface area contributed by atoms with Gasteiger partial charge in [-0.25, -0.2) is 13.4 Å². The van der Waals surface area contributed by atoms with E-state index < -0.39 is 21.5 Å². The summed E-state index contributed by atoms with van der Waals surface area (Å²) in [7, 11) is -3.33. The molecule has 1 aliphatic rings. The van der Waals surface area contributed by atoms with Crippen molar-refractivity contribution in [2.45, 2.75) is 19.4 Å². The Hall–Kier alpha value is -3.21. The van der Waals surface area contributed by atoms with Gasteiger partial charge in [-0.2, -0.15) is 19.9 Å². The molecular weight excluding hydrogens is 390 g/mol. The number of rotatable bonds is 5. The van der Waals surface area contributed by atoms with Crippen molar-refractivity contribution in [3.05, 3.63) is 36.4 Å². The molecule has 10 heteroatoms. The van der Waals surface area contributed by atoms with E-state index in [4.69, 9.17) is 0 Å². The van der Waals surface area contributed by atoms with Gasteiger partial charge in [0.1, 0.15) is 17.3 Å². The number of nitrogens with zero attached hydrogens (tertiary/aromatic N) is 6. The maximum Gasteiger partial charge on any atom is 0.213 e. The van der Waals surface area contributed by atoms with Crippen LogP contribution in [0.5, 0.6) is 0 Å². The van der Waals surface area contributed by atoms with Crippen molar-refractivity contribution in [3.8, 4) is 23.3 Å². The van der Waals surface area contributed by atoms with E-state index in [1.165, 1.54) is 10.5 Å². The summed E-state index contributed by atoms with van der Waals surface area (Å²) >= 11 is 0. The van der Waals surface area contributed by atoms with Crippen molar-refractivity contribution in [2.24, 2.45) is 5.92 Å². The Bertz CT molecular complexity index is 1270. The topological polar surface area (TPSA) is 131 Å². The Morgan fingerprint density at radius 2 is 2.10 bits per heavy atom. The number of pyridine rings is 1. The fraction of sp³-hybridized carbons (Fsp3) is 0.368. The molecule has 0 unspecified atom stereocenters. The summed E-state index contributed by atoms with van der Waals surface area (Å²) in [5.74, 6) is -0.429. The molecular formula is C19H19N7O2S. The summed E-state index contributed by atoms with van der Waals surface area (Å²) in [6.07, 6.45) is 6.70. The third-order valence-electron chi connectivity index (χ3n) is 5.69. The van der Waals surface area contributed by atoms with E-state index in [1.807, 2.05) is 6.07 Å². The number of fused-ring (bicyclic) bond motifs is 1. The second kappa shape index (κ2) is 6.69. The number of nitriles is 2. The minimum absolute atomic E-state index is 0.0163. The number of H-pyrrole nitrogens is 1. The van der Waals surface area contributed by atoms with Crippen molar-refractivity contribution in [2.75, 3.05) is 18.8 Å². The third-order valence-corrected chi connectivity index (χ3v) is 7.47. The van der Waals surface area contributed by atoms with Crippen molar-refractivity contribution in [1.29, 1.82) is 10.5 Å². The van der Waals surface area contributed by atoms with Gasteiger partial charge in [-0.05, 0) is 19.9 Å². The van der Waals surface area contributed by atoms with E-state index in [1.54, 1.807) is 37.1 Å². The summed E-state index contributed by atoms with van der Waals surface area (Å²) < 4.78 is 27.5. The molecule has 3 aromatic rings. The predicted octanol–water partition coefficient (Wildman–Crippen LogP) is 1.82. The predicted molar refractivity (Wildman–Crippen MR) is 106 cm³/mol. The molecule has 1 N–H and O–H groups in total. The molecule has 0 aliphatic carbocycles. The molecule has 9 nitrogen and oxygen atoms in total. The van der Waals surface area contributed by atoms with E-state index in [0.717, 1.165) is 10.9 Å². The zero-order valence-electron chi connectivity index (χ0n) is 16.0. The van der Waals surface area contributed by atoms with Crippen LogP contribution in [0.3, 0.4) is 0 Å². The number of sulfonamides is 1. The van der Waals surface area contributed by atoms with Gasteiger partial charge in [0.2, 0.25) is 10.0 Å². The zero-order valence-corrected chi connectivity index (χ0v) is 16.8. The van der Waals surface area contributed by atoms with Gasteiger partial charge in [-0.15, -0.1) is 0 Å². The fourth-order valence-electron chi connectivity index (χ4n) is 3.78. The molecule has 0 radical (unpaired) electrons. The second-order valence-corrected chi connectivity index (χ2v) is 9.45. The zero-order chi connectivity index (χ0) is 20.8. The first kappa shape index (κ1) is 19.1. The molecule has 0 saturated carbocycles. The van der Waals surface area contributed by atoms with Gasteiger partial charge in [-0.3, -0.25) is 4.68 Å². The largest absolute Gasteiger partial charge is 0.346 e. The van der Waals surface area contributed by atoms with Crippen molar-refractivity contribution >= 4 is 21.1 Å². The Kier molecular flexibility index (Phi) is 4.41.